The lowest BCUT2D eigenvalue weighted by Gasteiger charge is -2.32. The summed E-state index contributed by atoms with van der Waals surface area (Å²) in [5, 5.41) is 10.6. The maximum atomic E-state index is 13.6. The summed E-state index contributed by atoms with van der Waals surface area (Å²) in [4.78, 5) is 18.9. The molecule has 3 rings (SSSR count). The molecule has 0 radical (unpaired) electrons. The summed E-state index contributed by atoms with van der Waals surface area (Å²) in [5.41, 5.74) is 7.36. The summed E-state index contributed by atoms with van der Waals surface area (Å²) in [6.45, 7) is 15.3. The minimum absolute atomic E-state index is 0.00619. The number of alkyl halides is 2. The molecular formula is C31H57F2N5O2. The van der Waals surface area contributed by atoms with E-state index in [4.69, 9.17) is 15.9 Å². The van der Waals surface area contributed by atoms with Gasteiger partial charge in [0.2, 0.25) is 5.91 Å². The lowest BCUT2D eigenvalue weighted by Crippen LogP contribution is -2.40. The number of nitrogens with one attached hydrogen (secondary N) is 3. The molecule has 4 unspecified atom stereocenters. The second-order valence-corrected chi connectivity index (χ2v) is 9.90. The van der Waals surface area contributed by atoms with Crippen LogP contribution in [-0.4, -0.2) is 47.3 Å². The average molecular weight is 570 g/mol. The van der Waals surface area contributed by atoms with E-state index in [0.29, 0.717) is 13.0 Å². The summed E-state index contributed by atoms with van der Waals surface area (Å²) in [6, 6.07) is 0.121. The number of aryl methyl sites for hydroxylation is 1. The molecule has 0 spiro atoms. The van der Waals surface area contributed by atoms with E-state index in [1.165, 1.54) is 19.3 Å². The number of hydrogen-bond acceptors (Lipinski definition) is 5. The van der Waals surface area contributed by atoms with Crippen LogP contribution in [0.15, 0.2) is 6.20 Å². The molecule has 2 aliphatic heterocycles. The fourth-order valence-corrected chi connectivity index (χ4v) is 4.35. The first-order valence-corrected chi connectivity index (χ1v) is 15.0. The highest BCUT2D eigenvalue weighted by atomic mass is 19.3. The van der Waals surface area contributed by atoms with Crippen molar-refractivity contribution >= 4 is 11.6 Å². The number of terminal acetylenes is 1. The number of nitrogens with zero attached hydrogens (tertiary/aromatic N) is 1. The van der Waals surface area contributed by atoms with Crippen LogP contribution in [0.3, 0.4) is 0 Å². The standard InChI is InChI=1S/C13H20F2N2O2.C12H23N3.2C2H6.C2H2/c14-13(15)3-5-19-8-10(13)7-11(16)6-9-2-1-4-17-12(9)18;1-4-9(2)6-5-7-11(13)12-8-14-10(3)15-12;3*1-2/h9-10,16H,1-8H2,(H,17,18);8-9,11H,4-7,13H2,1-3H3,(H,14,15);2*1-2H3;1-2H. The molecule has 232 valence electrons. The predicted molar refractivity (Wildman–Crippen MR) is 163 cm³/mol. The Labute approximate surface area is 242 Å². The molecule has 9 heteroatoms. The summed E-state index contributed by atoms with van der Waals surface area (Å²) >= 11 is 0. The van der Waals surface area contributed by atoms with Gasteiger partial charge in [0.05, 0.1) is 24.8 Å². The molecule has 0 aliphatic carbocycles. The monoisotopic (exact) mass is 569 g/mol. The van der Waals surface area contributed by atoms with Crippen LogP contribution in [0, 0.1) is 42.9 Å². The number of ether oxygens (including phenoxy) is 1. The van der Waals surface area contributed by atoms with Gasteiger partial charge in [-0.2, -0.15) is 0 Å². The van der Waals surface area contributed by atoms with E-state index in [9.17, 15) is 13.6 Å². The highest BCUT2D eigenvalue weighted by Gasteiger charge is 2.42. The molecule has 7 nitrogen and oxygen atoms in total. The molecule has 2 saturated heterocycles. The number of halogens is 2. The molecule has 0 aromatic carbocycles. The molecule has 5 N–H and O–H groups in total. The number of imidazole rings is 1. The number of H-pyrrole nitrogens is 1. The molecular weight excluding hydrogens is 512 g/mol. The number of aromatic amines is 1. The maximum Gasteiger partial charge on any atom is 0.255 e. The third-order valence-corrected chi connectivity index (χ3v) is 6.91. The van der Waals surface area contributed by atoms with Crippen molar-refractivity contribution in [2.75, 3.05) is 19.8 Å². The second-order valence-electron chi connectivity index (χ2n) is 9.90. The van der Waals surface area contributed by atoms with Crippen molar-refractivity contribution in [1.29, 1.82) is 5.41 Å². The van der Waals surface area contributed by atoms with Gasteiger partial charge in [0.25, 0.3) is 5.92 Å². The number of amides is 1. The normalized spacial score (nSPS) is 20.6. The fourth-order valence-electron chi connectivity index (χ4n) is 4.35. The molecule has 0 bridgehead atoms. The smallest absolute Gasteiger partial charge is 0.255 e. The maximum absolute atomic E-state index is 13.6. The van der Waals surface area contributed by atoms with E-state index in [-0.39, 0.29) is 49.6 Å². The van der Waals surface area contributed by atoms with E-state index < -0.39 is 11.8 Å². The van der Waals surface area contributed by atoms with Crippen LogP contribution in [0.5, 0.6) is 0 Å². The third kappa shape index (κ3) is 16.1. The number of carbonyl (C=O) groups excluding carboxylic acids is 1. The van der Waals surface area contributed by atoms with Crippen molar-refractivity contribution in [3.63, 3.8) is 0 Å². The largest absolute Gasteiger partial charge is 0.381 e. The van der Waals surface area contributed by atoms with Crippen molar-refractivity contribution in [3.05, 3.63) is 17.7 Å². The molecule has 40 heavy (non-hydrogen) atoms. The van der Waals surface area contributed by atoms with Crippen LogP contribution >= 0.6 is 0 Å². The quantitative estimate of drug-likeness (QED) is 0.176. The predicted octanol–water partition coefficient (Wildman–Crippen LogP) is 7.22. The Morgan fingerprint density at radius 3 is 2.42 bits per heavy atom. The van der Waals surface area contributed by atoms with Crippen molar-refractivity contribution in [2.45, 2.75) is 118 Å². The zero-order chi connectivity index (χ0) is 31.1. The molecule has 3 heterocycles. The number of aromatic nitrogens is 2. The lowest BCUT2D eigenvalue weighted by atomic mass is 9.86. The molecule has 2 fully saturated rings. The molecule has 2 aliphatic rings. The van der Waals surface area contributed by atoms with Crippen LogP contribution in [0.1, 0.15) is 117 Å². The summed E-state index contributed by atoms with van der Waals surface area (Å²) in [7, 11) is 0. The van der Waals surface area contributed by atoms with E-state index in [1.54, 1.807) is 0 Å². The summed E-state index contributed by atoms with van der Waals surface area (Å²) in [6.07, 6.45) is 16.3. The Kier molecular flexibility index (Phi) is 23.3. The lowest BCUT2D eigenvalue weighted by molar-refractivity contribution is -0.138. The third-order valence-electron chi connectivity index (χ3n) is 6.91. The number of hydrogen-bond donors (Lipinski definition) is 4. The van der Waals surface area contributed by atoms with Crippen LogP contribution in [-0.2, 0) is 9.53 Å². The van der Waals surface area contributed by atoms with E-state index in [2.05, 4.69) is 42.0 Å². The van der Waals surface area contributed by atoms with Gasteiger partial charge in [0.1, 0.15) is 5.82 Å². The van der Waals surface area contributed by atoms with Gasteiger partial charge in [-0.05, 0) is 44.9 Å². The van der Waals surface area contributed by atoms with Crippen LogP contribution in [0.25, 0.3) is 0 Å². The Morgan fingerprint density at radius 2 is 1.90 bits per heavy atom. The molecule has 4 atom stereocenters. The van der Waals surface area contributed by atoms with Crippen molar-refractivity contribution < 1.29 is 18.3 Å². The van der Waals surface area contributed by atoms with Gasteiger partial charge >= 0.3 is 0 Å². The SMILES string of the molecule is C#C.CC.CC.CCC(C)CCCC(N)c1cnc(C)[nH]1.N=C(CC1CCCNC1=O)CC1COCCC1(F)F. The van der Waals surface area contributed by atoms with Crippen molar-refractivity contribution in [1.82, 2.24) is 15.3 Å². The number of nitrogens with two attached hydrogens (primary N) is 1. The zero-order valence-corrected chi connectivity index (χ0v) is 26.1. The molecule has 0 saturated carbocycles. The van der Waals surface area contributed by atoms with Gasteiger partial charge in [-0.15, -0.1) is 12.8 Å². The molecule has 1 aromatic rings. The van der Waals surface area contributed by atoms with Gasteiger partial charge < -0.3 is 26.2 Å². The van der Waals surface area contributed by atoms with E-state index >= 15 is 0 Å². The van der Waals surface area contributed by atoms with Crippen LogP contribution in [0.2, 0.25) is 0 Å². The van der Waals surface area contributed by atoms with Gasteiger partial charge in [0, 0.05) is 36.8 Å². The summed E-state index contributed by atoms with van der Waals surface area (Å²) < 4.78 is 32.3. The van der Waals surface area contributed by atoms with E-state index in [1.807, 2.05) is 40.8 Å². The topological polar surface area (TPSA) is 117 Å². The van der Waals surface area contributed by atoms with E-state index in [0.717, 1.165) is 36.7 Å². The Morgan fingerprint density at radius 1 is 1.25 bits per heavy atom. The summed E-state index contributed by atoms with van der Waals surface area (Å²) in [5.74, 6) is -2.18. The zero-order valence-electron chi connectivity index (χ0n) is 26.1. The minimum Gasteiger partial charge on any atom is -0.381 e. The average Bonchev–Trinajstić information content (AvgIpc) is 3.41. The number of rotatable bonds is 10. The van der Waals surface area contributed by atoms with Crippen LogP contribution in [0.4, 0.5) is 8.78 Å². The minimum atomic E-state index is -2.75. The Hall–Kier alpha value is -2.31. The highest BCUT2D eigenvalue weighted by Crippen LogP contribution is 2.35. The number of carbonyl (C=O) groups is 1. The molecule has 1 aromatic heterocycles. The van der Waals surface area contributed by atoms with Crippen molar-refractivity contribution in [2.24, 2.45) is 23.5 Å². The van der Waals surface area contributed by atoms with Gasteiger partial charge in [-0.25, -0.2) is 13.8 Å². The van der Waals surface area contributed by atoms with Gasteiger partial charge in [-0.1, -0.05) is 60.8 Å². The van der Waals surface area contributed by atoms with Gasteiger partial charge in [-0.3, -0.25) is 4.79 Å². The first kappa shape index (κ1) is 39.8. The first-order valence-electron chi connectivity index (χ1n) is 15.0. The van der Waals surface area contributed by atoms with Crippen LogP contribution < -0.4 is 11.1 Å². The Bertz CT molecular complexity index is 813. The molecule has 1 amide bonds. The first-order chi connectivity index (χ1) is 19.1. The Balaban J connectivity index is 0. The highest BCUT2D eigenvalue weighted by molar-refractivity contribution is 5.88. The van der Waals surface area contributed by atoms with Crippen molar-refractivity contribution in [3.8, 4) is 12.8 Å². The number of piperidine rings is 1. The van der Waals surface area contributed by atoms with Gasteiger partial charge in [0.15, 0.2) is 0 Å². The second kappa shape index (κ2) is 23.4. The fraction of sp³-hybridized carbons (Fsp3) is 0.774.